The summed E-state index contributed by atoms with van der Waals surface area (Å²) in [6, 6.07) is 1.93. The highest BCUT2D eigenvalue weighted by Crippen LogP contribution is 2.13. The lowest BCUT2D eigenvalue weighted by Crippen LogP contribution is -2.38. The zero-order valence-corrected chi connectivity index (χ0v) is 18.0. The Labute approximate surface area is 175 Å². The molecule has 2 aromatic heterocycles. The average molecular weight is 416 g/mol. The summed E-state index contributed by atoms with van der Waals surface area (Å²) in [7, 11) is 0. The van der Waals surface area contributed by atoms with Crippen LogP contribution in [0.5, 0.6) is 0 Å². The van der Waals surface area contributed by atoms with Crippen LogP contribution < -0.4 is 10.7 Å². The van der Waals surface area contributed by atoms with Gasteiger partial charge in [0.15, 0.2) is 0 Å². The summed E-state index contributed by atoms with van der Waals surface area (Å²) in [6.45, 7) is 6.44. The maximum Gasteiger partial charge on any atom is 0.259 e. The van der Waals surface area contributed by atoms with Gasteiger partial charge in [-0.05, 0) is 41.1 Å². The van der Waals surface area contributed by atoms with Crippen LogP contribution in [0.1, 0.15) is 65.8 Å². The second kappa shape index (κ2) is 9.87. The zero-order chi connectivity index (χ0) is 20.8. The van der Waals surface area contributed by atoms with E-state index in [0.717, 1.165) is 31.2 Å². The Hall–Kier alpha value is -2.41. The van der Waals surface area contributed by atoms with E-state index < -0.39 is 11.3 Å². The van der Waals surface area contributed by atoms with E-state index in [4.69, 9.17) is 0 Å². The number of aromatic nitrogens is 1. The maximum atomic E-state index is 13.1. The van der Waals surface area contributed by atoms with Crippen LogP contribution in [0.4, 0.5) is 0 Å². The standard InChI is InChI=1S/C22H29N3O3S/c1-16(2)12-24-13-18(21(27)23-11-17-7-10-29-15-17)20(26)19(14-24)22(28)25-8-5-3-4-6-9-25/h7,10,13-16H,3-6,8-9,11-12H2,1-2H3,(H,23,27). The fourth-order valence-electron chi connectivity index (χ4n) is 3.59. The molecule has 2 amide bonds. The first-order chi connectivity index (χ1) is 14.0. The molecule has 6 nitrogen and oxygen atoms in total. The first-order valence-electron chi connectivity index (χ1n) is 10.3. The SMILES string of the molecule is CC(C)Cn1cc(C(=O)NCc2ccsc2)c(=O)c(C(=O)N2CCCCCC2)c1. The van der Waals surface area contributed by atoms with Crippen LogP contribution in [0.25, 0.3) is 0 Å². The van der Waals surface area contributed by atoms with E-state index in [2.05, 4.69) is 19.2 Å². The minimum Gasteiger partial charge on any atom is -0.352 e. The largest absolute Gasteiger partial charge is 0.352 e. The highest BCUT2D eigenvalue weighted by Gasteiger charge is 2.24. The van der Waals surface area contributed by atoms with Gasteiger partial charge >= 0.3 is 0 Å². The lowest BCUT2D eigenvalue weighted by atomic mass is 10.1. The molecule has 0 radical (unpaired) electrons. The lowest BCUT2D eigenvalue weighted by Gasteiger charge is -2.21. The van der Waals surface area contributed by atoms with Gasteiger partial charge in [0.1, 0.15) is 11.1 Å². The van der Waals surface area contributed by atoms with E-state index in [1.807, 2.05) is 16.8 Å². The van der Waals surface area contributed by atoms with E-state index in [0.29, 0.717) is 32.1 Å². The fraction of sp³-hybridized carbons (Fsp3) is 0.500. The van der Waals surface area contributed by atoms with Crippen molar-refractivity contribution in [2.45, 2.75) is 52.6 Å². The molecule has 0 aliphatic carbocycles. The molecular weight excluding hydrogens is 386 g/mol. The Balaban J connectivity index is 1.90. The van der Waals surface area contributed by atoms with Gasteiger partial charge < -0.3 is 14.8 Å². The van der Waals surface area contributed by atoms with E-state index in [1.165, 1.54) is 0 Å². The van der Waals surface area contributed by atoms with Gasteiger partial charge in [-0.1, -0.05) is 26.7 Å². The number of hydrogen-bond donors (Lipinski definition) is 1. The van der Waals surface area contributed by atoms with Gasteiger partial charge in [-0.3, -0.25) is 14.4 Å². The second-order valence-electron chi connectivity index (χ2n) is 8.03. The number of carbonyl (C=O) groups is 2. The predicted molar refractivity (Wildman–Crippen MR) is 115 cm³/mol. The van der Waals surface area contributed by atoms with Crippen molar-refractivity contribution in [1.29, 1.82) is 0 Å². The number of hydrogen-bond acceptors (Lipinski definition) is 4. The third-order valence-electron chi connectivity index (χ3n) is 5.06. The Morgan fingerprint density at radius 1 is 1.10 bits per heavy atom. The number of pyridine rings is 1. The molecule has 156 valence electrons. The quantitative estimate of drug-likeness (QED) is 0.785. The second-order valence-corrected chi connectivity index (χ2v) is 8.81. The van der Waals surface area contributed by atoms with Crippen molar-refractivity contribution in [3.8, 4) is 0 Å². The third-order valence-corrected chi connectivity index (χ3v) is 5.79. The van der Waals surface area contributed by atoms with E-state index in [1.54, 1.807) is 33.2 Å². The maximum absolute atomic E-state index is 13.1. The molecule has 0 bridgehead atoms. The van der Waals surface area contributed by atoms with Crippen molar-refractivity contribution in [1.82, 2.24) is 14.8 Å². The Kier molecular flexibility index (Phi) is 7.25. The molecule has 29 heavy (non-hydrogen) atoms. The summed E-state index contributed by atoms with van der Waals surface area (Å²) in [5.74, 6) is -0.383. The molecule has 7 heteroatoms. The van der Waals surface area contributed by atoms with Gasteiger partial charge in [0, 0.05) is 38.6 Å². The number of nitrogens with zero attached hydrogens (tertiary/aromatic N) is 2. The monoisotopic (exact) mass is 415 g/mol. The number of carbonyl (C=O) groups excluding carboxylic acids is 2. The van der Waals surface area contributed by atoms with Gasteiger partial charge in [0.25, 0.3) is 11.8 Å². The summed E-state index contributed by atoms with van der Waals surface area (Å²) in [4.78, 5) is 40.7. The number of nitrogens with one attached hydrogen (secondary N) is 1. The van der Waals surface area contributed by atoms with Crippen LogP contribution >= 0.6 is 11.3 Å². The normalized spacial score (nSPS) is 14.7. The molecule has 0 saturated carbocycles. The van der Waals surface area contributed by atoms with Gasteiger partial charge in [-0.25, -0.2) is 0 Å². The Morgan fingerprint density at radius 2 is 1.79 bits per heavy atom. The lowest BCUT2D eigenvalue weighted by molar-refractivity contribution is 0.0759. The van der Waals surface area contributed by atoms with E-state index >= 15 is 0 Å². The third kappa shape index (κ3) is 5.56. The van der Waals surface area contributed by atoms with Crippen LogP contribution in [0.3, 0.4) is 0 Å². The highest BCUT2D eigenvalue weighted by atomic mass is 32.1. The highest BCUT2D eigenvalue weighted by molar-refractivity contribution is 7.07. The van der Waals surface area contributed by atoms with Gasteiger partial charge in [-0.15, -0.1) is 0 Å². The smallest absolute Gasteiger partial charge is 0.259 e. The first kappa shape index (κ1) is 21.3. The zero-order valence-electron chi connectivity index (χ0n) is 17.1. The summed E-state index contributed by atoms with van der Waals surface area (Å²) < 4.78 is 1.80. The molecule has 0 unspecified atom stereocenters. The number of likely N-dealkylation sites (tertiary alicyclic amines) is 1. The van der Waals surface area contributed by atoms with Crippen molar-refractivity contribution in [3.63, 3.8) is 0 Å². The Bertz CT molecular complexity index is 895. The molecule has 3 heterocycles. The molecule has 3 rings (SSSR count). The molecule has 1 N–H and O–H groups in total. The summed E-state index contributed by atoms with van der Waals surface area (Å²) in [6.07, 6.45) is 7.30. The average Bonchev–Trinajstić information content (AvgIpc) is 3.06. The Morgan fingerprint density at radius 3 is 2.41 bits per heavy atom. The molecule has 1 saturated heterocycles. The number of amides is 2. The van der Waals surface area contributed by atoms with E-state index in [-0.39, 0.29) is 17.0 Å². The summed E-state index contributed by atoms with van der Waals surface area (Å²) >= 11 is 1.56. The molecule has 1 aliphatic heterocycles. The molecule has 0 spiro atoms. The molecule has 1 fully saturated rings. The van der Waals surface area contributed by atoms with Crippen LogP contribution in [0, 0.1) is 5.92 Å². The molecule has 0 atom stereocenters. The van der Waals surface area contributed by atoms with Crippen molar-refractivity contribution in [2.24, 2.45) is 5.92 Å². The molecule has 2 aromatic rings. The minimum atomic E-state index is -0.484. The minimum absolute atomic E-state index is 0.0292. The van der Waals surface area contributed by atoms with Gasteiger partial charge in [0.2, 0.25) is 5.43 Å². The molecule has 1 aliphatic rings. The van der Waals surface area contributed by atoms with Crippen molar-refractivity contribution in [3.05, 3.63) is 56.1 Å². The van der Waals surface area contributed by atoms with Crippen LogP contribution in [-0.4, -0.2) is 34.4 Å². The predicted octanol–water partition coefficient (Wildman–Crippen LogP) is 3.51. The number of thiophene rings is 1. The molecular formula is C22H29N3O3S. The topological polar surface area (TPSA) is 71.4 Å². The van der Waals surface area contributed by atoms with Crippen molar-refractivity contribution >= 4 is 23.2 Å². The summed E-state index contributed by atoms with van der Waals surface area (Å²) in [5, 5.41) is 6.70. The number of rotatable bonds is 6. The van der Waals surface area contributed by atoms with Gasteiger partial charge in [0.05, 0.1) is 0 Å². The van der Waals surface area contributed by atoms with Crippen molar-refractivity contribution in [2.75, 3.05) is 13.1 Å². The van der Waals surface area contributed by atoms with Crippen LogP contribution in [0.15, 0.2) is 34.0 Å². The fourth-order valence-corrected chi connectivity index (χ4v) is 4.26. The summed E-state index contributed by atoms with van der Waals surface area (Å²) in [5.41, 5.74) is 0.627. The molecule has 0 aromatic carbocycles. The van der Waals surface area contributed by atoms with Crippen molar-refractivity contribution < 1.29 is 9.59 Å². The van der Waals surface area contributed by atoms with Gasteiger partial charge in [-0.2, -0.15) is 11.3 Å². The van der Waals surface area contributed by atoms with Crippen LogP contribution in [-0.2, 0) is 13.1 Å². The van der Waals surface area contributed by atoms with Crippen LogP contribution in [0.2, 0.25) is 0 Å². The van der Waals surface area contributed by atoms with E-state index in [9.17, 15) is 14.4 Å². The first-order valence-corrected chi connectivity index (χ1v) is 11.2.